The molecule has 2 rings (SSSR count). The van der Waals surface area contributed by atoms with Gasteiger partial charge in [-0.2, -0.15) is 0 Å². The molecule has 2 fully saturated rings. The minimum Gasteiger partial charge on any atom is -0.295 e. The molecular weight excluding hydrogens is 136 g/mol. The SMILES string of the molecule is C=C1C(=O)C[C@@]2(C(C)C)C[C@@H]12. The minimum absolute atomic E-state index is 0.315. The maximum atomic E-state index is 11.2. The summed E-state index contributed by atoms with van der Waals surface area (Å²) in [5.41, 5.74) is 1.26. The van der Waals surface area contributed by atoms with E-state index in [1.807, 2.05) is 0 Å². The number of ketones is 1. The molecule has 0 aromatic heterocycles. The van der Waals surface area contributed by atoms with Crippen LogP contribution in [0.5, 0.6) is 0 Å². The van der Waals surface area contributed by atoms with Crippen LogP contribution < -0.4 is 0 Å². The molecule has 2 aliphatic rings. The summed E-state index contributed by atoms with van der Waals surface area (Å²) in [4.78, 5) is 11.2. The normalized spacial score (nSPS) is 41.5. The number of carbonyl (C=O) groups is 1. The van der Waals surface area contributed by atoms with Crippen LogP contribution in [0.2, 0.25) is 0 Å². The molecule has 0 spiro atoms. The van der Waals surface area contributed by atoms with Crippen molar-refractivity contribution in [1.82, 2.24) is 0 Å². The van der Waals surface area contributed by atoms with Gasteiger partial charge in [0.2, 0.25) is 0 Å². The van der Waals surface area contributed by atoms with Gasteiger partial charge in [-0.25, -0.2) is 0 Å². The average Bonchev–Trinajstić information content (AvgIpc) is 2.57. The molecule has 0 N–H and O–H groups in total. The fourth-order valence-corrected chi connectivity index (χ4v) is 2.44. The van der Waals surface area contributed by atoms with Crippen LogP contribution in [0.3, 0.4) is 0 Å². The first kappa shape index (κ1) is 7.08. The molecule has 1 nitrogen and oxygen atoms in total. The van der Waals surface area contributed by atoms with E-state index in [1.165, 1.54) is 6.42 Å². The Hall–Kier alpha value is -0.590. The summed E-state index contributed by atoms with van der Waals surface area (Å²) in [7, 11) is 0. The Labute approximate surface area is 67.5 Å². The summed E-state index contributed by atoms with van der Waals surface area (Å²) in [6.07, 6.45) is 1.99. The van der Waals surface area contributed by atoms with E-state index in [0.29, 0.717) is 23.0 Å². The van der Waals surface area contributed by atoms with Gasteiger partial charge in [-0.1, -0.05) is 20.4 Å². The van der Waals surface area contributed by atoms with Crippen LogP contribution in [0.25, 0.3) is 0 Å². The molecule has 1 heteroatoms. The predicted molar refractivity (Wildman–Crippen MR) is 44.1 cm³/mol. The van der Waals surface area contributed by atoms with E-state index >= 15 is 0 Å². The Balaban J connectivity index is 2.26. The van der Waals surface area contributed by atoms with Crippen molar-refractivity contribution in [3.63, 3.8) is 0 Å². The summed E-state index contributed by atoms with van der Waals surface area (Å²) in [6, 6.07) is 0. The van der Waals surface area contributed by atoms with E-state index in [0.717, 1.165) is 12.0 Å². The summed E-state index contributed by atoms with van der Waals surface area (Å²) in [5, 5.41) is 0. The van der Waals surface area contributed by atoms with Gasteiger partial charge in [-0.05, 0) is 29.2 Å². The molecule has 0 aromatic carbocycles. The Kier molecular flexibility index (Phi) is 1.14. The van der Waals surface area contributed by atoms with Crippen LogP contribution >= 0.6 is 0 Å². The van der Waals surface area contributed by atoms with E-state index in [1.54, 1.807) is 0 Å². The van der Waals surface area contributed by atoms with Gasteiger partial charge in [0.1, 0.15) is 0 Å². The second-order valence-corrected chi connectivity index (χ2v) is 4.27. The molecule has 0 saturated heterocycles. The third kappa shape index (κ3) is 0.688. The van der Waals surface area contributed by atoms with Crippen LogP contribution in [-0.2, 0) is 4.79 Å². The molecule has 60 valence electrons. The molecule has 2 atom stereocenters. The van der Waals surface area contributed by atoms with E-state index in [2.05, 4.69) is 20.4 Å². The smallest absolute Gasteiger partial charge is 0.159 e. The number of hydrogen-bond acceptors (Lipinski definition) is 1. The highest BCUT2D eigenvalue weighted by atomic mass is 16.1. The zero-order chi connectivity index (χ0) is 8.22. The van der Waals surface area contributed by atoms with Crippen molar-refractivity contribution in [3.05, 3.63) is 12.2 Å². The third-order valence-electron chi connectivity index (χ3n) is 3.54. The Morgan fingerprint density at radius 1 is 1.64 bits per heavy atom. The number of Topliss-reactive ketones (excluding diaryl/α,β-unsaturated/α-hetero) is 1. The molecule has 0 bridgehead atoms. The highest BCUT2D eigenvalue weighted by Gasteiger charge is 2.63. The van der Waals surface area contributed by atoms with Gasteiger partial charge in [0.25, 0.3) is 0 Å². The van der Waals surface area contributed by atoms with Crippen LogP contribution in [0.4, 0.5) is 0 Å². The van der Waals surface area contributed by atoms with Crippen molar-refractivity contribution in [1.29, 1.82) is 0 Å². The van der Waals surface area contributed by atoms with Gasteiger partial charge in [0, 0.05) is 6.42 Å². The molecule has 0 radical (unpaired) electrons. The fourth-order valence-electron chi connectivity index (χ4n) is 2.44. The second kappa shape index (κ2) is 1.77. The zero-order valence-electron chi connectivity index (χ0n) is 7.18. The van der Waals surface area contributed by atoms with Crippen LogP contribution in [0, 0.1) is 17.3 Å². The average molecular weight is 150 g/mol. The molecular formula is C10H14O. The molecule has 0 heterocycles. The molecule has 11 heavy (non-hydrogen) atoms. The maximum absolute atomic E-state index is 11.2. The zero-order valence-corrected chi connectivity index (χ0v) is 7.18. The summed E-state index contributed by atoms with van der Waals surface area (Å²) < 4.78 is 0. The first-order valence-corrected chi connectivity index (χ1v) is 4.30. The summed E-state index contributed by atoms with van der Waals surface area (Å²) in [6.45, 7) is 8.26. The summed E-state index contributed by atoms with van der Waals surface area (Å²) >= 11 is 0. The van der Waals surface area contributed by atoms with E-state index in [9.17, 15) is 4.79 Å². The largest absolute Gasteiger partial charge is 0.295 e. The lowest BCUT2D eigenvalue weighted by atomic mass is 9.90. The predicted octanol–water partition coefficient (Wildman–Crippen LogP) is 2.18. The summed E-state index contributed by atoms with van der Waals surface area (Å²) in [5.74, 6) is 1.51. The van der Waals surface area contributed by atoms with E-state index in [-0.39, 0.29) is 0 Å². The van der Waals surface area contributed by atoms with E-state index in [4.69, 9.17) is 0 Å². The van der Waals surface area contributed by atoms with Crippen molar-refractivity contribution >= 4 is 5.78 Å². The van der Waals surface area contributed by atoms with Gasteiger partial charge >= 0.3 is 0 Å². The van der Waals surface area contributed by atoms with Gasteiger partial charge in [-0.3, -0.25) is 4.79 Å². The van der Waals surface area contributed by atoms with Crippen LogP contribution in [0.15, 0.2) is 12.2 Å². The number of hydrogen-bond donors (Lipinski definition) is 0. The first-order chi connectivity index (χ1) is 5.08. The van der Waals surface area contributed by atoms with Crippen molar-refractivity contribution in [2.75, 3.05) is 0 Å². The Bertz CT molecular complexity index is 239. The lowest BCUT2D eigenvalue weighted by Crippen LogP contribution is -2.10. The molecule has 0 aromatic rings. The Morgan fingerprint density at radius 2 is 2.27 bits per heavy atom. The molecule has 2 saturated carbocycles. The van der Waals surface area contributed by atoms with Crippen molar-refractivity contribution < 1.29 is 4.79 Å². The molecule has 0 unspecified atom stereocenters. The van der Waals surface area contributed by atoms with Gasteiger partial charge < -0.3 is 0 Å². The maximum Gasteiger partial charge on any atom is 0.159 e. The Morgan fingerprint density at radius 3 is 2.55 bits per heavy atom. The number of fused-ring (bicyclic) bond motifs is 1. The highest BCUT2D eigenvalue weighted by Crippen LogP contribution is 2.67. The highest BCUT2D eigenvalue weighted by molar-refractivity contribution is 6.00. The van der Waals surface area contributed by atoms with E-state index < -0.39 is 0 Å². The third-order valence-corrected chi connectivity index (χ3v) is 3.54. The van der Waals surface area contributed by atoms with Crippen molar-refractivity contribution in [3.8, 4) is 0 Å². The molecule has 0 amide bonds. The number of allylic oxidation sites excluding steroid dienone is 1. The lowest BCUT2D eigenvalue weighted by Gasteiger charge is -2.14. The van der Waals surface area contributed by atoms with Crippen molar-refractivity contribution in [2.45, 2.75) is 26.7 Å². The monoisotopic (exact) mass is 150 g/mol. The first-order valence-electron chi connectivity index (χ1n) is 4.30. The van der Waals surface area contributed by atoms with Crippen LogP contribution in [-0.4, -0.2) is 5.78 Å². The fraction of sp³-hybridized carbons (Fsp3) is 0.700. The minimum atomic E-state index is 0.315. The van der Waals surface area contributed by atoms with Gasteiger partial charge in [-0.15, -0.1) is 0 Å². The standard InChI is InChI=1S/C10H14O/c1-6(2)10-4-8(10)7(3)9(11)5-10/h6,8H,3-5H2,1-2H3/t8-,10+/m0/s1. The van der Waals surface area contributed by atoms with Crippen LogP contribution in [0.1, 0.15) is 26.7 Å². The van der Waals surface area contributed by atoms with Gasteiger partial charge in [0.15, 0.2) is 5.78 Å². The number of rotatable bonds is 1. The quantitative estimate of drug-likeness (QED) is 0.523. The topological polar surface area (TPSA) is 17.1 Å². The second-order valence-electron chi connectivity index (χ2n) is 4.27. The van der Waals surface area contributed by atoms with Gasteiger partial charge in [0.05, 0.1) is 0 Å². The number of carbonyl (C=O) groups excluding carboxylic acids is 1. The molecule has 2 aliphatic carbocycles. The lowest BCUT2D eigenvalue weighted by molar-refractivity contribution is -0.115. The molecule has 0 aliphatic heterocycles. The van der Waals surface area contributed by atoms with Crippen molar-refractivity contribution in [2.24, 2.45) is 17.3 Å².